The second-order valence-corrected chi connectivity index (χ2v) is 11.8. The van der Waals surface area contributed by atoms with E-state index in [1.165, 1.54) is 41.3 Å². The molecule has 44 heavy (non-hydrogen) atoms. The van der Waals surface area contributed by atoms with Crippen LogP contribution in [0, 0.1) is 5.82 Å². The molecule has 1 heterocycles. The fraction of sp³-hybridized carbons (Fsp3) is 0.355. The third-order valence-electron chi connectivity index (χ3n) is 7.10. The van der Waals surface area contributed by atoms with Gasteiger partial charge in [0.25, 0.3) is 15.9 Å². The van der Waals surface area contributed by atoms with E-state index in [2.05, 4.69) is 14.9 Å². The third-order valence-corrected chi connectivity index (χ3v) is 8.50. The average Bonchev–Trinajstić information content (AvgIpc) is 3.04. The zero-order chi connectivity index (χ0) is 31.5. The summed E-state index contributed by atoms with van der Waals surface area (Å²) in [5.74, 6) is -0.256. The first-order valence-electron chi connectivity index (χ1n) is 14.2. The minimum Gasteiger partial charge on any atom is -0.497 e. The van der Waals surface area contributed by atoms with Crippen LogP contribution in [0.1, 0.15) is 12.5 Å². The van der Waals surface area contributed by atoms with Crippen LogP contribution in [0.2, 0.25) is 0 Å². The summed E-state index contributed by atoms with van der Waals surface area (Å²) in [6.45, 7) is 5.53. The lowest BCUT2D eigenvalue weighted by Gasteiger charge is -2.30. The molecule has 0 aliphatic carbocycles. The highest BCUT2D eigenvalue weighted by molar-refractivity contribution is 7.92. The molecule has 1 fully saturated rings. The molecule has 1 aliphatic rings. The fourth-order valence-electron chi connectivity index (χ4n) is 4.49. The van der Waals surface area contributed by atoms with Crippen molar-refractivity contribution < 1.29 is 36.6 Å². The highest BCUT2D eigenvalue weighted by Crippen LogP contribution is 2.20. The summed E-state index contributed by atoms with van der Waals surface area (Å²) in [6.07, 6.45) is 0. The quantitative estimate of drug-likeness (QED) is 0.279. The molecular weight excluding hydrogens is 591 g/mol. The number of benzene rings is 3. The van der Waals surface area contributed by atoms with Gasteiger partial charge in [0.1, 0.15) is 23.4 Å². The number of morpholine rings is 1. The third kappa shape index (κ3) is 9.40. The van der Waals surface area contributed by atoms with Crippen LogP contribution in [0.5, 0.6) is 11.5 Å². The van der Waals surface area contributed by atoms with E-state index in [4.69, 9.17) is 14.2 Å². The predicted molar refractivity (Wildman–Crippen MR) is 162 cm³/mol. The smallest absolute Gasteiger partial charge is 0.261 e. The molecule has 0 aromatic heterocycles. The standard InChI is InChI=1S/C31H37FN4O7S/c1-23(31(38)33-15-16-35-17-19-42-20-18-35)36(21-24-3-9-27(41-2)10-4-24)30(37)22-43-28-11-13-29(14-12-28)44(39,40)34-26-7-5-25(32)6-8-26/h3-14,23,34H,15-22H2,1-2H3,(H,33,38). The first-order chi connectivity index (χ1) is 21.1. The number of amides is 2. The van der Waals surface area contributed by atoms with E-state index in [0.717, 1.165) is 30.8 Å². The van der Waals surface area contributed by atoms with Gasteiger partial charge in [-0.1, -0.05) is 12.1 Å². The highest BCUT2D eigenvalue weighted by Gasteiger charge is 2.27. The molecule has 236 valence electrons. The first-order valence-corrected chi connectivity index (χ1v) is 15.6. The van der Waals surface area contributed by atoms with Gasteiger partial charge in [-0.05, 0) is 73.2 Å². The maximum atomic E-state index is 13.4. The van der Waals surface area contributed by atoms with Crippen LogP contribution in [0.15, 0.2) is 77.7 Å². The summed E-state index contributed by atoms with van der Waals surface area (Å²) in [5.41, 5.74) is 1.02. The van der Waals surface area contributed by atoms with Gasteiger partial charge < -0.3 is 24.4 Å². The summed E-state index contributed by atoms with van der Waals surface area (Å²) in [4.78, 5) is 30.1. The lowest BCUT2D eigenvalue weighted by molar-refractivity contribution is -0.142. The van der Waals surface area contributed by atoms with E-state index in [1.807, 2.05) is 12.1 Å². The van der Waals surface area contributed by atoms with Gasteiger partial charge in [-0.15, -0.1) is 0 Å². The molecule has 3 aromatic rings. The van der Waals surface area contributed by atoms with Crippen LogP contribution in [-0.2, 0) is 30.9 Å². The molecule has 2 amide bonds. The highest BCUT2D eigenvalue weighted by atomic mass is 32.2. The number of hydrogen-bond donors (Lipinski definition) is 2. The van der Waals surface area contributed by atoms with Crippen molar-refractivity contribution in [1.82, 2.24) is 15.1 Å². The molecule has 0 bridgehead atoms. The van der Waals surface area contributed by atoms with Crippen LogP contribution < -0.4 is 19.5 Å². The van der Waals surface area contributed by atoms with Crippen LogP contribution in [0.25, 0.3) is 0 Å². The number of nitrogens with zero attached hydrogens (tertiary/aromatic N) is 2. The molecule has 1 atom stereocenters. The summed E-state index contributed by atoms with van der Waals surface area (Å²) in [5, 5.41) is 2.93. The van der Waals surface area contributed by atoms with Gasteiger partial charge in [-0.25, -0.2) is 12.8 Å². The molecule has 1 saturated heterocycles. The Morgan fingerprint density at radius 2 is 1.61 bits per heavy atom. The summed E-state index contributed by atoms with van der Waals surface area (Å²) >= 11 is 0. The van der Waals surface area contributed by atoms with Crippen molar-refractivity contribution in [1.29, 1.82) is 0 Å². The number of rotatable bonds is 14. The molecule has 11 nitrogen and oxygen atoms in total. The lowest BCUT2D eigenvalue weighted by atomic mass is 10.1. The van der Waals surface area contributed by atoms with Crippen molar-refractivity contribution in [3.05, 3.63) is 84.2 Å². The Morgan fingerprint density at radius 1 is 0.977 bits per heavy atom. The zero-order valence-electron chi connectivity index (χ0n) is 24.7. The van der Waals surface area contributed by atoms with Crippen molar-refractivity contribution in [2.75, 3.05) is 57.8 Å². The van der Waals surface area contributed by atoms with E-state index in [0.29, 0.717) is 32.1 Å². The van der Waals surface area contributed by atoms with Gasteiger partial charge in [0, 0.05) is 38.4 Å². The van der Waals surface area contributed by atoms with Crippen LogP contribution in [-0.4, -0.2) is 89.2 Å². The molecule has 3 aromatic carbocycles. The molecule has 0 radical (unpaired) electrons. The van der Waals surface area contributed by atoms with Crippen LogP contribution in [0.4, 0.5) is 10.1 Å². The average molecular weight is 629 g/mol. The Morgan fingerprint density at radius 3 is 2.25 bits per heavy atom. The van der Waals surface area contributed by atoms with Gasteiger partial charge in [0.2, 0.25) is 5.91 Å². The number of halogens is 1. The predicted octanol–water partition coefficient (Wildman–Crippen LogP) is 2.88. The van der Waals surface area contributed by atoms with Gasteiger partial charge >= 0.3 is 0 Å². The molecule has 13 heteroatoms. The number of hydrogen-bond acceptors (Lipinski definition) is 8. The van der Waals surface area contributed by atoms with E-state index >= 15 is 0 Å². The lowest BCUT2D eigenvalue weighted by Crippen LogP contribution is -2.50. The molecule has 0 saturated carbocycles. The normalized spacial score (nSPS) is 14.3. The first kappa shape index (κ1) is 32.7. The maximum Gasteiger partial charge on any atom is 0.261 e. The second-order valence-electron chi connectivity index (χ2n) is 10.2. The van der Waals surface area contributed by atoms with Gasteiger partial charge in [0.05, 0.1) is 25.2 Å². The minimum absolute atomic E-state index is 0.0380. The van der Waals surface area contributed by atoms with Gasteiger partial charge in [-0.3, -0.25) is 19.2 Å². The van der Waals surface area contributed by atoms with Crippen molar-refractivity contribution in [2.45, 2.75) is 24.4 Å². The van der Waals surface area contributed by atoms with Crippen molar-refractivity contribution in [2.24, 2.45) is 0 Å². The summed E-state index contributed by atoms with van der Waals surface area (Å²) in [7, 11) is -2.36. The number of nitrogens with one attached hydrogen (secondary N) is 2. The second kappa shape index (κ2) is 15.5. The molecule has 2 N–H and O–H groups in total. The number of carbonyl (C=O) groups is 2. The molecular formula is C31H37FN4O7S. The van der Waals surface area contributed by atoms with Crippen molar-refractivity contribution in [3.8, 4) is 11.5 Å². The molecule has 1 aliphatic heterocycles. The summed E-state index contributed by atoms with van der Waals surface area (Å²) < 4.78 is 57.2. The van der Waals surface area contributed by atoms with E-state index < -0.39 is 27.8 Å². The van der Waals surface area contributed by atoms with E-state index in [1.54, 1.807) is 26.2 Å². The molecule has 1 unspecified atom stereocenters. The Hall–Kier alpha value is -4.20. The molecule has 0 spiro atoms. The molecule has 4 rings (SSSR count). The number of anilines is 1. The van der Waals surface area contributed by atoms with Gasteiger partial charge in [0.15, 0.2) is 6.61 Å². The maximum absolute atomic E-state index is 13.4. The minimum atomic E-state index is -3.93. The van der Waals surface area contributed by atoms with E-state index in [-0.39, 0.29) is 35.4 Å². The number of methoxy groups -OCH3 is 1. The summed E-state index contributed by atoms with van der Waals surface area (Å²) in [6, 6.07) is 16.9. The largest absolute Gasteiger partial charge is 0.497 e. The number of carbonyl (C=O) groups excluding carboxylic acids is 2. The van der Waals surface area contributed by atoms with Crippen molar-refractivity contribution in [3.63, 3.8) is 0 Å². The fourth-order valence-corrected chi connectivity index (χ4v) is 5.55. The Balaban J connectivity index is 1.38. The SMILES string of the molecule is COc1ccc(CN(C(=O)COc2ccc(S(=O)(=O)Nc3ccc(F)cc3)cc2)C(C)C(=O)NCCN2CCOCC2)cc1. The van der Waals surface area contributed by atoms with Crippen LogP contribution in [0.3, 0.4) is 0 Å². The Labute approximate surface area is 256 Å². The van der Waals surface area contributed by atoms with E-state index in [9.17, 15) is 22.4 Å². The van der Waals surface area contributed by atoms with Crippen molar-refractivity contribution >= 4 is 27.5 Å². The number of sulfonamides is 1. The zero-order valence-corrected chi connectivity index (χ0v) is 25.5. The number of ether oxygens (including phenoxy) is 3. The monoisotopic (exact) mass is 628 g/mol. The van der Waals surface area contributed by atoms with Crippen LogP contribution >= 0.6 is 0 Å². The Kier molecular flexibility index (Phi) is 11.5. The topological polar surface area (TPSA) is 127 Å². The van der Waals surface area contributed by atoms with Gasteiger partial charge in [-0.2, -0.15) is 0 Å². The Bertz CT molecular complexity index is 1480.